The zero-order valence-electron chi connectivity index (χ0n) is 15.1. The van der Waals surface area contributed by atoms with Crippen LogP contribution in [-0.4, -0.2) is 44.7 Å². The Bertz CT molecular complexity index is 976. The molecule has 28 heavy (non-hydrogen) atoms. The third-order valence-electron chi connectivity index (χ3n) is 4.81. The van der Waals surface area contributed by atoms with Gasteiger partial charge in [-0.15, -0.1) is 10.2 Å². The lowest BCUT2D eigenvalue weighted by molar-refractivity contribution is 0.0715. The highest BCUT2D eigenvalue weighted by molar-refractivity contribution is 5.94. The summed E-state index contributed by atoms with van der Waals surface area (Å²) >= 11 is 0. The summed E-state index contributed by atoms with van der Waals surface area (Å²) in [6.45, 7) is 1.15. The van der Waals surface area contributed by atoms with Gasteiger partial charge in [0.1, 0.15) is 12.7 Å². The highest BCUT2D eigenvalue weighted by Crippen LogP contribution is 2.20. The number of carbonyl (C=O) groups is 1. The van der Waals surface area contributed by atoms with E-state index in [9.17, 15) is 13.6 Å². The van der Waals surface area contributed by atoms with Gasteiger partial charge in [-0.3, -0.25) is 9.36 Å². The fraction of sp³-hybridized carbons (Fsp3) is 0.250. The number of benzene rings is 2. The SMILES string of the molecule is O=C(c1cccc(-n2cnnc2)c1)N1CCC[C@@H](Nc2ccc(F)c(F)c2)C1. The number of anilines is 1. The highest BCUT2D eigenvalue weighted by Gasteiger charge is 2.25. The molecule has 1 fully saturated rings. The van der Waals surface area contributed by atoms with Crippen LogP contribution in [0.4, 0.5) is 14.5 Å². The van der Waals surface area contributed by atoms with E-state index >= 15 is 0 Å². The van der Waals surface area contributed by atoms with Crippen molar-refractivity contribution >= 4 is 11.6 Å². The first-order valence-electron chi connectivity index (χ1n) is 9.06. The van der Waals surface area contributed by atoms with E-state index in [0.717, 1.165) is 30.7 Å². The molecule has 4 rings (SSSR count). The van der Waals surface area contributed by atoms with E-state index in [0.29, 0.717) is 24.3 Å². The van der Waals surface area contributed by atoms with Crippen molar-refractivity contribution in [3.8, 4) is 5.69 Å². The van der Waals surface area contributed by atoms with Gasteiger partial charge in [-0.25, -0.2) is 8.78 Å². The van der Waals surface area contributed by atoms with Gasteiger partial charge in [-0.2, -0.15) is 0 Å². The second-order valence-electron chi connectivity index (χ2n) is 6.78. The lowest BCUT2D eigenvalue weighted by Crippen LogP contribution is -2.45. The number of piperidine rings is 1. The fourth-order valence-corrected chi connectivity index (χ4v) is 3.42. The second-order valence-corrected chi connectivity index (χ2v) is 6.78. The van der Waals surface area contributed by atoms with Crippen LogP contribution < -0.4 is 5.32 Å². The third-order valence-corrected chi connectivity index (χ3v) is 4.81. The number of amides is 1. The van der Waals surface area contributed by atoms with Gasteiger partial charge in [0.25, 0.3) is 5.91 Å². The van der Waals surface area contributed by atoms with Crippen molar-refractivity contribution in [2.75, 3.05) is 18.4 Å². The maximum Gasteiger partial charge on any atom is 0.253 e. The van der Waals surface area contributed by atoms with Crippen LogP contribution in [0, 0.1) is 11.6 Å². The standard InChI is InChI=1S/C20H19F2N5O/c21-18-7-6-15(10-19(18)22)25-16-4-2-8-26(11-16)20(28)14-3-1-5-17(9-14)27-12-23-24-13-27/h1,3,5-7,9-10,12-13,16,25H,2,4,8,11H2/t16-/m1/s1. The Morgan fingerprint density at radius 2 is 1.89 bits per heavy atom. The first-order chi connectivity index (χ1) is 13.6. The average molecular weight is 383 g/mol. The maximum atomic E-state index is 13.4. The average Bonchev–Trinajstić information content (AvgIpc) is 3.25. The van der Waals surface area contributed by atoms with E-state index in [1.165, 1.54) is 6.07 Å². The summed E-state index contributed by atoms with van der Waals surface area (Å²) in [4.78, 5) is 14.8. The number of rotatable bonds is 4. The molecule has 0 spiro atoms. The first kappa shape index (κ1) is 18.1. The number of carbonyl (C=O) groups excluding carboxylic acids is 1. The molecule has 0 radical (unpaired) electrons. The number of likely N-dealkylation sites (tertiary alicyclic amines) is 1. The zero-order valence-corrected chi connectivity index (χ0v) is 15.1. The first-order valence-corrected chi connectivity index (χ1v) is 9.06. The molecule has 2 aromatic carbocycles. The number of nitrogens with zero attached hydrogens (tertiary/aromatic N) is 4. The van der Waals surface area contributed by atoms with Crippen molar-refractivity contribution in [2.45, 2.75) is 18.9 Å². The molecule has 6 nitrogen and oxygen atoms in total. The summed E-state index contributed by atoms with van der Waals surface area (Å²) in [7, 11) is 0. The van der Waals surface area contributed by atoms with Crippen molar-refractivity contribution in [3.63, 3.8) is 0 Å². The van der Waals surface area contributed by atoms with Crippen molar-refractivity contribution in [2.24, 2.45) is 0 Å². The summed E-state index contributed by atoms with van der Waals surface area (Å²) in [5.41, 5.74) is 1.90. The van der Waals surface area contributed by atoms with Crippen LogP contribution in [0.2, 0.25) is 0 Å². The molecule has 1 aliphatic heterocycles. The number of nitrogens with one attached hydrogen (secondary N) is 1. The Kier molecular flexibility index (Phi) is 5.01. The molecule has 1 atom stereocenters. The van der Waals surface area contributed by atoms with E-state index in [4.69, 9.17) is 0 Å². The van der Waals surface area contributed by atoms with Crippen LogP contribution in [0.25, 0.3) is 5.69 Å². The summed E-state index contributed by atoms with van der Waals surface area (Å²) in [5.74, 6) is -1.83. The van der Waals surface area contributed by atoms with Crippen molar-refractivity contribution in [1.82, 2.24) is 19.7 Å². The minimum atomic E-state index is -0.889. The van der Waals surface area contributed by atoms with Crippen LogP contribution in [0.3, 0.4) is 0 Å². The molecule has 144 valence electrons. The number of hydrogen-bond acceptors (Lipinski definition) is 4. The van der Waals surface area contributed by atoms with Gasteiger partial charge in [0.05, 0.1) is 0 Å². The van der Waals surface area contributed by atoms with E-state index in [2.05, 4.69) is 15.5 Å². The number of halogens is 2. The Morgan fingerprint density at radius 1 is 1.07 bits per heavy atom. The monoisotopic (exact) mass is 383 g/mol. The van der Waals surface area contributed by atoms with Gasteiger partial charge in [0.2, 0.25) is 0 Å². The highest BCUT2D eigenvalue weighted by atomic mass is 19.2. The van der Waals surface area contributed by atoms with Gasteiger partial charge < -0.3 is 10.2 Å². The van der Waals surface area contributed by atoms with E-state index in [1.807, 2.05) is 12.1 Å². The van der Waals surface area contributed by atoms with Gasteiger partial charge in [-0.1, -0.05) is 6.07 Å². The van der Waals surface area contributed by atoms with E-state index < -0.39 is 11.6 Å². The lowest BCUT2D eigenvalue weighted by Gasteiger charge is -2.34. The summed E-state index contributed by atoms with van der Waals surface area (Å²) in [6, 6.07) is 11.0. The Hall–Kier alpha value is -3.29. The molecular weight excluding hydrogens is 364 g/mol. The molecule has 1 amide bonds. The van der Waals surface area contributed by atoms with Crippen LogP contribution >= 0.6 is 0 Å². The van der Waals surface area contributed by atoms with Crippen LogP contribution in [0.15, 0.2) is 55.1 Å². The molecule has 1 aromatic heterocycles. The van der Waals surface area contributed by atoms with Crippen LogP contribution in [0.1, 0.15) is 23.2 Å². The summed E-state index contributed by atoms with van der Waals surface area (Å²) < 4.78 is 28.3. The Balaban J connectivity index is 1.46. The molecule has 2 heterocycles. The molecule has 0 bridgehead atoms. The lowest BCUT2D eigenvalue weighted by atomic mass is 10.0. The van der Waals surface area contributed by atoms with Crippen molar-refractivity contribution < 1.29 is 13.6 Å². The van der Waals surface area contributed by atoms with Gasteiger partial charge >= 0.3 is 0 Å². The third kappa shape index (κ3) is 3.85. The maximum absolute atomic E-state index is 13.4. The molecule has 0 saturated carbocycles. The fourth-order valence-electron chi connectivity index (χ4n) is 3.42. The molecular formula is C20H19F2N5O. The van der Waals surface area contributed by atoms with E-state index in [1.54, 1.807) is 34.3 Å². The molecule has 1 saturated heterocycles. The molecule has 1 N–H and O–H groups in total. The van der Waals surface area contributed by atoms with E-state index in [-0.39, 0.29) is 11.9 Å². The molecule has 0 aliphatic carbocycles. The van der Waals surface area contributed by atoms with Gasteiger partial charge in [0, 0.05) is 42.1 Å². The Morgan fingerprint density at radius 3 is 2.68 bits per heavy atom. The van der Waals surface area contributed by atoms with Gasteiger partial charge in [-0.05, 0) is 43.2 Å². The normalized spacial score (nSPS) is 16.8. The summed E-state index contributed by atoms with van der Waals surface area (Å²) in [5, 5.41) is 10.8. The minimum Gasteiger partial charge on any atom is -0.380 e. The van der Waals surface area contributed by atoms with Crippen molar-refractivity contribution in [3.05, 3.63) is 72.3 Å². The van der Waals surface area contributed by atoms with Crippen LogP contribution in [0.5, 0.6) is 0 Å². The number of aromatic nitrogens is 3. The zero-order chi connectivity index (χ0) is 19.5. The molecule has 1 aliphatic rings. The molecule has 8 heteroatoms. The molecule has 0 unspecified atom stereocenters. The molecule has 3 aromatic rings. The van der Waals surface area contributed by atoms with Crippen LogP contribution in [-0.2, 0) is 0 Å². The minimum absolute atomic E-state index is 0.0245. The van der Waals surface area contributed by atoms with Gasteiger partial charge in [0.15, 0.2) is 11.6 Å². The Labute approximate surface area is 160 Å². The predicted molar refractivity (Wildman–Crippen MR) is 100 cm³/mol. The quantitative estimate of drug-likeness (QED) is 0.751. The smallest absolute Gasteiger partial charge is 0.253 e. The largest absolute Gasteiger partial charge is 0.380 e. The predicted octanol–water partition coefficient (Wildman–Crippen LogP) is 3.26. The summed E-state index contributed by atoms with van der Waals surface area (Å²) in [6.07, 6.45) is 4.83. The topological polar surface area (TPSA) is 63.1 Å². The van der Waals surface area contributed by atoms with Crippen molar-refractivity contribution in [1.29, 1.82) is 0 Å². The number of hydrogen-bond donors (Lipinski definition) is 1. The second kappa shape index (κ2) is 7.75.